The fourth-order valence-corrected chi connectivity index (χ4v) is 3.30. The van der Waals surface area contributed by atoms with Crippen LogP contribution in [-0.2, 0) is 4.79 Å². The molecule has 1 amide bonds. The monoisotopic (exact) mass is 318 g/mol. The molecule has 2 aliphatic heterocycles. The van der Waals surface area contributed by atoms with E-state index in [2.05, 4.69) is 15.6 Å². The molecule has 1 aromatic carbocycles. The van der Waals surface area contributed by atoms with Crippen molar-refractivity contribution in [1.29, 1.82) is 0 Å². The smallest absolute Gasteiger partial charge is 0.237 e. The first-order chi connectivity index (χ1) is 11.0. The van der Waals surface area contributed by atoms with Gasteiger partial charge in [0.25, 0.3) is 0 Å². The molecular weight excluding hydrogens is 300 g/mol. The van der Waals surface area contributed by atoms with Crippen molar-refractivity contribution < 1.29 is 19.3 Å². The number of aliphatic hydroxyl groups is 1. The predicted molar refractivity (Wildman–Crippen MR) is 79.8 cm³/mol. The molecule has 2 atom stereocenters. The number of carbonyl (C=O) groups is 1. The summed E-state index contributed by atoms with van der Waals surface area (Å²) in [5.41, 5.74) is 1.07. The van der Waals surface area contributed by atoms with Crippen molar-refractivity contribution in [2.75, 3.05) is 19.6 Å². The van der Waals surface area contributed by atoms with Gasteiger partial charge in [0.2, 0.25) is 5.91 Å². The van der Waals surface area contributed by atoms with Gasteiger partial charge in [-0.05, 0) is 30.2 Å². The number of hydrogen-bond acceptors (Lipinski definition) is 7. The number of aliphatic hydroxyl groups excluding tert-OH is 1. The van der Waals surface area contributed by atoms with E-state index in [1.807, 2.05) is 13.8 Å². The maximum atomic E-state index is 12.3. The van der Waals surface area contributed by atoms with Gasteiger partial charge in [-0.2, -0.15) is 0 Å². The third-order valence-electron chi connectivity index (χ3n) is 4.55. The number of rotatable bonds is 1. The Morgan fingerprint density at radius 1 is 1.35 bits per heavy atom. The molecule has 2 unspecified atom stereocenters. The molecule has 0 saturated carbocycles. The highest BCUT2D eigenvalue weighted by Gasteiger charge is 2.47. The van der Waals surface area contributed by atoms with Crippen LogP contribution >= 0.6 is 0 Å². The van der Waals surface area contributed by atoms with Crippen molar-refractivity contribution >= 4 is 16.9 Å². The van der Waals surface area contributed by atoms with E-state index in [-0.39, 0.29) is 12.5 Å². The minimum Gasteiger partial charge on any atom is -0.485 e. The molecule has 1 saturated heterocycles. The highest BCUT2D eigenvalue weighted by molar-refractivity contribution is 5.81. The number of hydrogen-bond donors (Lipinski definition) is 2. The van der Waals surface area contributed by atoms with Crippen LogP contribution < -0.4 is 10.1 Å². The number of piperazine rings is 1. The lowest BCUT2D eigenvalue weighted by molar-refractivity contribution is -0.145. The summed E-state index contributed by atoms with van der Waals surface area (Å²) in [4.78, 5) is 14.1. The summed E-state index contributed by atoms with van der Waals surface area (Å²) >= 11 is 0. The molecule has 4 rings (SSSR count). The van der Waals surface area contributed by atoms with Gasteiger partial charge < -0.3 is 20.1 Å². The molecule has 0 spiro atoms. The van der Waals surface area contributed by atoms with Crippen LogP contribution in [0.3, 0.4) is 0 Å². The van der Waals surface area contributed by atoms with Gasteiger partial charge >= 0.3 is 0 Å². The first-order valence-electron chi connectivity index (χ1n) is 7.61. The summed E-state index contributed by atoms with van der Waals surface area (Å²) in [7, 11) is 0. The van der Waals surface area contributed by atoms with E-state index in [0.717, 1.165) is 5.56 Å². The number of benzene rings is 1. The standard InChI is InChI=1S/C15H18N4O4/c1-15(2)14(21)13(19-4-3-16-7-12(19)20)8-5-9-10(18-23-17-9)6-11(8)22-15/h5-6,13-14,16,21H,3-4,7H2,1-2H3. The second-order valence-electron chi connectivity index (χ2n) is 6.50. The highest BCUT2D eigenvalue weighted by atomic mass is 16.6. The number of nitrogens with one attached hydrogen (secondary N) is 1. The van der Waals surface area contributed by atoms with E-state index in [4.69, 9.17) is 9.37 Å². The number of ether oxygens (including phenoxy) is 1. The van der Waals surface area contributed by atoms with E-state index in [1.54, 1.807) is 17.0 Å². The zero-order valence-corrected chi connectivity index (χ0v) is 12.9. The van der Waals surface area contributed by atoms with Gasteiger partial charge in [-0.25, -0.2) is 4.63 Å². The normalized spacial score (nSPS) is 26.9. The van der Waals surface area contributed by atoms with E-state index in [0.29, 0.717) is 29.9 Å². The predicted octanol–water partition coefficient (Wildman–Crippen LogP) is 0.228. The summed E-state index contributed by atoms with van der Waals surface area (Å²) in [6.45, 7) is 5.12. The van der Waals surface area contributed by atoms with E-state index in [9.17, 15) is 9.90 Å². The highest BCUT2D eigenvalue weighted by Crippen LogP contribution is 2.44. The van der Waals surface area contributed by atoms with Gasteiger partial charge in [0, 0.05) is 24.7 Å². The largest absolute Gasteiger partial charge is 0.485 e. The van der Waals surface area contributed by atoms with Gasteiger partial charge in [0.05, 0.1) is 12.6 Å². The van der Waals surface area contributed by atoms with E-state index < -0.39 is 17.7 Å². The number of fused-ring (bicyclic) bond motifs is 2. The molecular formula is C15H18N4O4. The fraction of sp³-hybridized carbons (Fsp3) is 0.533. The number of carbonyl (C=O) groups excluding carboxylic acids is 1. The van der Waals surface area contributed by atoms with Crippen molar-refractivity contribution in [2.24, 2.45) is 0 Å². The lowest BCUT2D eigenvalue weighted by atomic mass is 9.85. The Kier molecular flexibility index (Phi) is 3.07. The maximum Gasteiger partial charge on any atom is 0.237 e. The van der Waals surface area contributed by atoms with Crippen molar-refractivity contribution in [3.8, 4) is 5.75 Å². The third kappa shape index (κ3) is 2.17. The van der Waals surface area contributed by atoms with Crippen LogP contribution in [0.25, 0.3) is 11.0 Å². The van der Waals surface area contributed by atoms with Crippen LogP contribution in [0.2, 0.25) is 0 Å². The molecule has 8 heteroatoms. The molecule has 0 bridgehead atoms. The Balaban J connectivity index is 1.87. The molecule has 1 aromatic heterocycles. The minimum absolute atomic E-state index is 0.0395. The van der Waals surface area contributed by atoms with Gasteiger partial charge in [-0.1, -0.05) is 0 Å². The molecule has 1 fully saturated rings. The zero-order chi connectivity index (χ0) is 16.2. The molecule has 0 aliphatic carbocycles. The second kappa shape index (κ2) is 4.90. The summed E-state index contributed by atoms with van der Waals surface area (Å²) in [6.07, 6.45) is -0.852. The van der Waals surface area contributed by atoms with Crippen LogP contribution in [0, 0.1) is 0 Å². The Bertz CT molecular complexity index is 772. The van der Waals surface area contributed by atoms with Gasteiger partial charge in [-0.3, -0.25) is 4.79 Å². The molecule has 3 heterocycles. The second-order valence-corrected chi connectivity index (χ2v) is 6.50. The third-order valence-corrected chi connectivity index (χ3v) is 4.55. The van der Waals surface area contributed by atoms with Crippen molar-refractivity contribution in [3.63, 3.8) is 0 Å². The van der Waals surface area contributed by atoms with Gasteiger partial charge in [-0.15, -0.1) is 0 Å². The van der Waals surface area contributed by atoms with Crippen molar-refractivity contribution in [2.45, 2.75) is 31.6 Å². The van der Waals surface area contributed by atoms with Gasteiger partial charge in [0.15, 0.2) is 0 Å². The summed E-state index contributed by atoms with van der Waals surface area (Å²) in [5, 5.41) is 21.6. The van der Waals surface area contributed by atoms with Crippen LogP contribution in [0.15, 0.2) is 16.8 Å². The first kappa shape index (κ1) is 14.4. The Morgan fingerprint density at radius 3 is 2.83 bits per heavy atom. The topological polar surface area (TPSA) is 101 Å². The number of aromatic nitrogens is 2. The van der Waals surface area contributed by atoms with E-state index in [1.165, 1.54) is 0 Å². The Morgan fingerprint density at radius 2 is 2.09 bits per heavy atom. The quantitative estimate of drug-likeness (QED) is 0.776. The van der Waals surface area contributed by atoms with Crippen LogP contribution in [-0.4, -0.2) is 57.6 Å². The molecule has 2 aromatic rings. The molecule has 8 nitrogen and oxygen atoms in total. The molecule has 23 heavy (non-hydrogen) atoms. The number of amides is 1. The average molecular weight is 318 g/mol. The summed E-state index contributed by atoms with van der Waals surface area (Å²) in [5.74, 6) is 0.558. The first-order valence-corrected chi connectivity index (χ1v) is 7.61. The van der Waals surface area contributed by atoms with Gasteiger partial charge in [0.1, 0.15) is 28.5 Å². The lowest BCUT2D eigenvalue weighted by Crippen LogP contribution is -2.58. The van der Waals surface area contributed by atoms with Crippen LogP contribution in [0.4, 0.5) is 0 Å². The van der Waals surface area contributed by atoms with Crippen LogP contribution in [0.1, 0.15) is 25.5 Å². The summed E-state index contributed by atoms with van der Waals surface area (Å²) in [6, 6.07) is 3.04. The number of nitrogens with zero attached hydrogens (tertiary/aromatic N) is 3. The Labute approximate surface area is 132 Å². The average Bonchev–Trinajstić information content (AvgIpc) is 2.95. The maximum absolute atomic E-state index is 12.3. The lowest BCUT2D eigenvalue weighted by Gasteiger charge is -2.47. The summed E-state index contributed by atoms with van der Waals surface area (Å²) < 4.78 is 10.7. The molecule has 2 aliphatic rings. The van der Waals surface area contributed by atoms with Crippen molar-refractivity contribution in [1.82, 2.24) is 20.5 Å². The van der Waals surface area contributed by atoms with Crippen molar-refractivity contribution in [3.05, 3.63) is 17.7 Å². The molecule has 122 valence electrons. The zero-order valence-electron chi connectivity index (χ0n) is 12.9. The molecule has 0 radical (unpaired) electrons. The molecule has 2 N–H and O–H groups in total. The SMILES string of the molecule is CC1(C)Oc2cc3nonc3cc2C(N2CCNCC2=O)C1O. The Hall–Kier alpha value is -2.19. The van der Waals surface area contributed by atoms with E-state index >= 15 is 0 Å². The van der Waals surface area contributed by atoms with Crippen LogP contribution in [0.5, 0.6) is 5.75 Å². The minimum atomic E-state index is -0.852. The fourth-order valence-electron chi connectivity index (χ4n) is 3.30.